The fourth-order valence-corrected chi connectivity index (χ4v) is 3.84. The van der Waals surface area contributed by atoms with Gasteiger partial charge < -0.3 is 15.0 Å². The van der Waals surface area contributed by atoms with Crippen LogP contribution in [0.15, 0.2) is 23.6 Å². The zero-order chi connectivity index (χ0) is 21.2. The van der Waals surface area contributed by atoms with Crippen LogP contribution in [0.25, 0.3) is 11.3 Å². The monoisotopic (exact) mass is 417 g/mol. The molecule has 29 heavy (non-hydrogen) atoms. The van der Waals surface area contributed by atoms with E-state index in [1.54, 1.807) is 7.11 Å². The van der Waals surface area contributed by atoms with Crippen molar-refractivity contribution in [2.45, 2.75) is 52.9 Å². The van der Waals surface area contributed by atoms with Crippen LogP contribution in [0.1, 0.15) is 51.5 Å². The summed E-state index contributed by atoms with van der Waals surface area (Å²) in [5.74, 6) is 0.762. The number of benzene rings is 1. The minimum absolute atomic E-state index is 0.118. The van der Waals surface area contributed by atoms with Crippen molar-refractivity contribution < 1.29 is 14.3 Å². The average Bonchev–Trinajstić information content (AvgIpc) is 3.15. The highest BCUT2D eigenvalue weighted by Gasteiger charge is 2.14. The summed E-state index contributed by atoms with van der Waals surface area (Å²) in [6.07, 6.45) is 3.14. The summed E-state index contributed by atoms with van der Waals surface area (Å²) in [5.41, 5.74) is 2.79. The summed E-state index contributed by atoms with van der Waals surface area (Å²) in [6.45, 7) is 7.71. The van der Waals surface area contributed by atoms with Crippen LogP contribution in [0, 0.1) is 6.92 Å². The molecule has 6 nitrogen and oxygen atoms in total. The molecule has 0 atom stereocenters. The smallest absolute Gasteiger partial charge is 0.226 e. The van der Waals surface area contributed by atoms with E-state index in [4.69, 9.17) is 4.74 Å². The van der Waals surface area contributed by atoms with Crippen LogP contribution in [-0.4, -0.2) is 41.9 Å². The van der Waals surface area contributed by atoms with Gasteiger partial charge in [-0.2, -0.15) is 0 Å². The van der Waals surface area contributed by atoms with Gasteiger partial charge in [-0.3, -0.25) is 9.59 Å². The number of amides is 2. The molecule has 1 aromatic heterocycles. The fourth-order valence-electron chi connectivity index (χ4n) is 3.12. The Labute approximate surface area is 177 Å². The van der Waals surface area contributed by atoms with E-state index >= 15 is 0 Å². The maximum atomic E-state index is 12.3. The molecule has 0 saturated carbocycles. The Kier molecular flexibility index (Phi) is 9.12. The van der Waals surface area contributed by atoms with E-state index in [0.29, 0.717) is 24.4 Å². The lowest BCUT2D eigenvalue weighted by molar-refractivity contribution is -0.131. The fraction of sp³-hybridized carbons (Fsp3) is 0.500. The number of hydrogen-bond acceptors (Lipinski definition) is 5. The predicted molar refractivity (Wildman–Crippen MR) is 118 cm³/mol. The van der Waals surface area contributed by atoms with Crippen LogP contribution in [0.5, 0.6) is 5.75 Å². The summed E-state index contributed by atoms with van der Waals surface area (Å²) in [6, 6.07) is 5.92. The molecule has 158 valence electrons. The molecule has 0 aliphatic rings. The Morgan fingerprint density at radius 2 is 1.90 bits per heavy atom. The standard InChI is InChI=1S/C22H31N3O3S/c1-5-12-25(13-6-2)21(27)9-7-8-20(26)24-22-23-18(15-29-22)17-14-16(3)10-11-19(17)28-4/h10-11,14-15H,5-9,12-13H2,1-4H3,(H,23,24,26). The van der Waals surface area contributed by atoms with Gasteiger partial charge in [-0.1, -0.05) is 25.5 Å². The number of carbonyl (C=O) groups is 2. The van der Waals surface area contributed by atoms with Crippen molar-refractivity contribution in [1.29, 1.82) is 0 Å². The third-order valence-corrected chi connectivity index (χ3v) is 5.27. The maximum Gasteiger partial charge on any atom is 0.226 e. The highest BCUT2D eigenvalue weighted by Crippen LogP contribution is 2.33. The lowest BCUT2D eigenvalue weighted by Gasteiger charge is -2.21. The van der Waals surface area contributed by atoms with Crippen molar-refractivity contribution in [2.75, 3.05) is 25.5 Å². The maximum absolute atomic E-state index is 12.3. The van der Waals surface area contributed by atoms with Gasteiger partial charge in [-0.05, 0) is 38.3 Å². The number of aryl methyl sites for hydroxylation is 1. The molecule has 0 radical (unpaired) electrons. The lowest BCUT2D eigenvalue weighted by Crippen LogP contribution is -2.32. The quantitative estimate of drug-likeness (QED) is 0.565. The summed E-state index contributed by atoms with van der Waals surface area (Å²) in [7, 11) is 1.63. The zero-order valence-electron chi connectivity index (χ0n) is 17.8. The van der Waals surface area contributed by atoms with Gasteiger partial charge in [0.1, 0.15) is 5.75 Å². The molecule has 0 unspecified atom stereocenters. The Morgan fingerprint density at radius 3 is 2.55 bits per heavy atom. The summed E-state index contributed by atoms with van der Waals surface area (Å²) in [5, 5.41) is 5.30. The Balaban J connectivity index is 1.88. The molecule has 2 aromatic rings. The van der Waals surface area contributed by atoms with Crippen LogP contribution in [0.2, 0.25) is 0 Å². The number of thiazole rings is 1. The number of methoxy groups -OCH3 is 1. The van der Waals surface area contributed by atoms with E-state index in [-0.39, 0.29) is 11.8 Å². The normalized spacial score (nSPS) is 10.6. The number of nitrogens with zero attached hydrogens (tertiary/aromatic N) is 2. The second-order valence-electron chi connectivity index (χ2n) is 7.02. The van der Waals surface area contributed by atoms with Crippen molar-refractivity contribution in [2.24, 2.45) is 0 Å². The number of rotatable bonds is 11. The first-order chi connectivity index (χ1) is 14.0. The number of hydrogen-bond donors (Lipinski definition) is 1. The van der Waals surface area contributed by atoms with Crippen molar-refractivity contribution in [3.8, 4) is 17.0 Å². The Hall–Kier alpha value is -2.41. The lowest BCUT2D eigenvalue weighted by atomic mass is 10.1. The molecule has 1 heterocycles. The van der Waals surface area contributed by atoms with E-state index in [0.717, 1.165) is 48.5 Å². The van der Waals surface area contributed by atoms with Crippen molar-refractivity contribution in [3.63, 3.8) is 0 Å². The molecule has 7 heteroatoms. The molecule has 0 bridgehead atoms. The van der Waals surface area contributed by atoms with Gasteiger partial charge in [0.2, 0.25) is 11.8 Å². The summed E-state index contributed by atoms with van der Waals surface area (Å²) >= 11 is 1.38. The highest BCUT2D eigenvalue weighted by atomic mass is 32.1. The van der Waals surface area contributed by atoms with Gasteiger partial charge in [0.15, 0.2) is 5.13 Å². The Bertz CT molecular complexity index is 813. The molecule has 0 aliphatic heterocycles. The van der Waals surface area contributed by atoms with Crippen molar-refractivity contribution in [1.82, 2.24) is 9.88 Å². The molecule has 0 spiro atoms. The van der Waals surface area contributed by atoms with E-state index in [1.807, 2.05) is 35.4 Å². The van der Waals surface area contributed by atoms with Gasteiger partial charge in [0.25, 0.3) is 0 Å². The van der Waals surface area contributed by atoms with Crippen molar-refractivity contribution >= 4 is 28.3 Å². The van der Waals surface area contributed by atoms with E-state index in [2.05, 4.69) is 24.1 Å². The molecule has 1 aromatic carbocycles. The van der Waals surface area contributed by atoms with E-state index in [9.17, 15) is 9.59 Å². The molecule has 2 amide bonds. The molecular formula is C22H31N3O3S. The molecule has 0 aliphatic carbocycles. The minimum atomic E-state index is -0.118. The van der Waals surface area contributed by atoms with Gasteiger partial charge in [0, 0.05) is 36.9 Å². The van der Waals surface area contributed by atoms with Crippen LogP contribution in [0.4, 0.5) is 5.13 Å². The second kappa shape index (κ2) is 11.6. The molecule has 2 rings (SSSR count). The van der Waals surface area contributed by atoms with Crippen molar-refractivity contribution in [3.05, 3.63) is 29.1 Å². The van der Waals surface area contributed by atoms with Gasteiger partial charge in [0.05, 0.1) is 12.8 Å². The minimum Gasteiger partial charge on any atom is -0.496 e. The third kappa shape index (κ3) is 6.85. The molecule has 0 saturated heterocycles. The zero-order valence-corrected chi connectivity index (χ0v) is 18.6. The van der Waals surface area contributed by atoms with Gasteiger partial charge in [-0.25, -0.2) is 4.98 Å². The summed E-state index contributed by atoms with van der Waals surface area (Å²) < 4.78 is 5.42. The van der Waals surface area contributed by atoms with Gasteiger partial charge >= 0.3 is 0 Å². The van der Waals surface area contributed by atoms with Crippen LogP contribution in [0.3, 0.4) is 0 Å². The third-order valence-electron chi connectivity index (χ3n) is 4.52. The number of aromatic nitrogens is 1. The number of carbonyl (C=O) groups excluding carboxylic acids is 2. The molecular weight excluding hydrogens is 386 g/mol. The van der Waals surface area contributed by atoms with Crippen LogP contribution in [-0.2, 0) is 9.59 Å². The first-order valence-electron chi connectivity index (χ1n) is 10.2. The van der Waals surface area contributed by atoms with E-state index < -0.39 is 0 Å². The average molecular weight is 418 g/mol. The molecule has 1 N–H and O–H groups in total. The van der Waals surface area contributed by atoms with E-state index in [1.165, 1.54) is 11.3 Å². The predicted octanol–water partition coefficient (Wildman–Crippen LogP) is 4.88. The number of ether oxygens (including phenoxy) is 1. The largest absolute Gasteiger partial charge is 0.496 e. The first kappa shape index (κ1) is 22.9. The highest BCUT2D eigenvalue weighted by molar-refractivity contribution is 7.14. The van der Waals surface area contributed by atoms with Crippen LogP contribution < -0.4 is 10.1 Å². The number of anilines is 1. The second-order valence-corrected chi connectivity index (χ2v) is 7.88. The first-order valence-corrected chi connectivity index (χ1v) is 11.0. The SMILES string of the molecule is CCCN(CCC)C(=O)CCCC(=O)Nc1nc(-c2cc(C)ccc2OC)cs1. The number of nitrogens with one attached hydrogen (secondary N) is 1. The Morgan fingerprint density at radius 1 is 1.17 bits per heavy atom. The summed E-state index contributed by atoms with van der Waals surface area (Å²) in [4.78, 5) is 30.9. The van der Waals surface area contributed by atoms with Crippen LogP contribution >= 0.6 is 11.3 Å². The molecule has 0 fully saturated rings. The van der Waals surface area contributed by atoms with Gasteiger partial charge in [-0.15, -0.1) is 11.3 Å². The topological polar surface area (TPSA) is 71.5 Å².